The summed E-state index contributed by atoms with van der Waals surface area (Å²) in [5.74, 6) is -1.68. The van der Waals surface area contributed by atoms with Crippen molar-refractivity contribution in [3.63, 3.8) is 0 Å². The van der Waals surface area contributed by atoms with Crippen molar-refractivity contribution >= 4 is 34.6 Å². The molecule has 0 fully saturated rings. The number of hydrogen-bond donors (Lipinski definition) is 0. The second-order valence-electron chi connectivity index (χ2n) is 7.76. The molecule has 0 aliphatic carbocycles. The minimum atomic E-state index is -0.517. The van der Waals surface area contributed by atoms with E-state index < -0.39 is 11.9 Å². The average Bonchev–Trinajstić information content (AvgIpc) is 2.82. The fourth-order valence-corrected chi connectivity index (χ4v) is 3.46. The van der Waals surface area contributed by atoms with Crippen LogP contribution in [0.5, 0.6) is 0 Å². The van der Waals surface area contributed by atoms with Crippen LogP contribution >= 0.6 is 0 Å². The Morgan fingerprint density at radius 3 is 1.33 bits per heavy atom. The molecule has 0 spiro atoms. The van der Waals surface area contributed by atoms with E-state index in [1.54, 1.807) is 36.4 Å². The highest BCUT2D eigenvalue weighted by Crippen LogP contribution is 2.19. The summed E-state index contributed by atoms with van der Waals surface area (Å²) in [6, 6.07) is 9.97. The van der Waals surface area contributed by atoms with Crippen molar-refractivity contribution in [2.45, 2.75) is 44.9 Å². The first-order valence-electron chi connectivity index (χ1n) is 11.2. The van der Waals surface area contributed by atoms with Gasteiger partial charge in [0.15, 0.2) is 0 Å². The molecule has 8 heteroatoms. The molecule has 2 aromatic carbocycles. The van der Waals surface area contributed by atoms with E-state index >= 15 is 0 Å². The lowest BCUT2D eigenvalue weighted by Gasteiger charge is -2.08. The van der Waals surface area contributed by atoms with Gasteiger partial charge in [-0.2, -0.15) is 0 Å². The summed E-state index contributed by atoms with van der Waals surface area (Å²) < 4.78 is 20.6. The van der Waals surface area contributed by atoms with Crippen molar-refractivity contribution in [2.24, 2.45) is 0 Å². The van der Waals surface area contributed by atoms with Gasteiger partial charge in [-0.15, -0.1) is 0 Å². The largest absolute Gasteiger partial charge is 0.462 e. The van der Waals surface area contributed by atoms with E-state index in [9.17, 15) is 19.2 Å². The summed E-state index contributed by atoms with van der Waals surface area (Å²) in [5.41, 5.74) is 0.716. The summed E-state index contributed by atoms with van der Waals surface area (Å²) in [4.78, 5) is 48.1. The molecule has 2 heterocycles. The van der Waals surface area contributed by atoms with Crippen LogP contribution in [0.4, 0.5) is 0 Å². The maximum atomic E-state index is 12.3. The Bertz CT molecular complexity index is 918. The SMILES string of the molecule is O=C1CCCCCCCC(=O)OCCOC(=O)c2ccc3cc(ccc3c2)C(=O)OCCO1. The first-order chi connectivity index (χ1) is 16.0. The van der Waals surface area contributed by atoms with Gasteiger partial charge in [0, 0.05) is 12.8 Å². The molecule has 0 N–H and O–H groups in total. The zero-order chi connectivity index (χ0) is 23.5. The second kappa shape index (κ2) is 12.6. The Morgan fingerprint density at radius 1 is 0.485 bits per heavy atom. The van der Waals surface area contributed by atoms with Crippen molar-refractivity contribution < 1.29 is 38.1 Å². The Balaban J connectivity index is 1.64. The van der Waals surface area contributed by atoms with Crippen molar-refractivity contribution in [1.82, 2.24) is 0 Å². The fraction of sp³-hybridized carbons (Fsp3) is 0.440. The molecule has 2 aromatic rings. The van der Waals surface area contributed by atoms with Crippen molar-refractivity contribution in [3.05, 3.63) is 47.5 Å². The monoisotopic (exact) mass is 456 g/mol. The normalized spacial score (nSPS) is 18.2. The quantitative estimate of drug-likeness (QED) is 0.433. The fourth-order valence-electron chi connectivity index (χ4n) is 3.46. The lowest BCUT2D eigenvalue weighted by molar-refractivity contribution is -0.145. The Kier molecular flexibility index (Phi) is 9.23. The third-order valence-electron chi connectivity index (χ3n) is 5.23. The standard InChI is InChI=1S/C25H28O8/c26-22-6-4-2-1-3-5-7-23(27)31-13-15-33-25(29)21-11-9-18-16-20(10-8-19(18)17-21)24(28)32-14-12-30-22/h8-11,16-17H,1-7,12-15H2. The maximum absolute atomic E-state index is 12.3. The van der Waals surface area contributed by atoms with Crippen LogP contribution in [0.1, 0.15) is 65.7 Å². The van der Waals surface area contributed by atoms with Crippen LogP contribution in [-0.4, -0.2) is 50.3 Å². The first kappa shape index (κ1) is 24.2. The second-order valence-corrected chi connectivity index (χ2v) is 7.76. The van der Waals surface area contributed by atoms with Gasteiger partial charge in [-0.1, -0.05) is 31.4 Å². The minimum Gasteiger partial charge on any atom is -0.462 e. The van der Waals surface area contributed by atoms with Crippen LogP contribution in [0.15, 0.2) is 36.4 Å². The van der Waals surface area contributed by atoms with Gasteiger partial charge in [-0.3, -0.25) is 9.59 Å². The van der Waals surface area contributed by atoms with Gasteiger partial charge in [-0.25, -0.2) is 9.59 Å². The number of carbonyl (C=O) groups excluding carboxylic acids is 4. The Labute approximate surface area is 192 Å². The third-order valence-corrected chi connectivity index (χ3v) is 5.23. The van der Waals surface area contributed by atoms with E-state index in [0.717, 1.165) is 30.0 Å². The van der Waals surface area contributed by atoms with Crippen LogP contribution in [0, 0.1) is 0 Å². The molecular weight excluding hydrogens is 428 g/mol. The molecule has 0 radical (unpaired) electrons. The van der Waals surface area contributed by atoms with Gasteiger partial charge in [0.2, 0.25) is 0 Å². The predicted octanol–water partition coefficient (Wildman–Crippen LogP) is 3.98. The molecule has 33 heavy (non-hydrogen) atoms. The number of ether oxygens (including phenoxy) is 4. The van der Waals surface area contributed by atoms with Crippen LogP contribution in [-0.2, 0) is 28.5 Å². The number of hydrogen-bond acceptors (Lipinski definition) is 8. The topological polar surface area (TPSA) is 105 Å². The molecule has 0 saturated carbocycles. The molecule has 0 saturated heterocycles. The van der Waals surface area contributed by atoms with Crippen LogP contribution < -0.4 is 0 Å². The molecule has 0 atom stereocenters. The summed E-state index contributed by atoms with van der Waals surface area (Å²) in [6.45, 7) is -0.0372. The highest BCUT2D eigenvalue weighted by atomic mass is 16.6. The van der Waals surface area contributed by atoms with Gasteiger partial charge >= 0.3 is 23.9 Å². The molecule has 8 nitrogen and oxygen atoms in total. The maximum Gasteiger partial charge on any atom is 0.338 e. The lowest BCUT2D eigenvalue weighted by Crippen LogP contribution is -2.14. The molecule has 176 valence electrons. The number of rotatable bonds is 0. The Hall–Kier alpha value is -3.42. The number of esters is 4. The van der Waals surface area contributed by atoms with Crippen molar-refractivity contribution in [1.29, 1.82) is 0 Å². The molecular formula is C25H28O8. The summed E-state index contributed by atoms with van der Waals surface area (Å²) in [5, 5.41) is 1.51. The zero-order valence-corrected chi connectivity index (χ0v) is 18.5. The van der Waals surface area contributed by atoms with E-state index in [2.05, 4.69) is 0 Å². The van der Waals surface area contributed by atoms with Gasteiger partial charge in [-0.05, 0) is 47.9 Å². The molecule has 2 aliphatic rings. The van der Waals surface area contributed by atoms with Crippen molar-refractivity contribution in [2.75, 3.05) is 26.4 Å². The predicted molar refractivity (Wildman–Crippen MR) is 119 cm³/mol. The molecule has 0 aromatic heterocycles. The molecule has 0 amide bonds. The van der Waals surface area contributed by atoms with E-state index in [1.165, 1.54) is 0 Å². The Morgan fingerprint density at radius 2 is 0.879 bits per heavy atom. The third kappa shape index (κ3) is 7.89. The lowest BCUT2D eigenvalue weighted by atomic mass is 10.0. The van der Waals surface area contributed by atoms with E-state index in [-0.39, 0.29) is 38.4 Å². The van der Waals surface area contributed by atoms with Gasteiger partial charge in [0.05, 0.1) is 11.1 Å². The molecule has 4 bridgehead atoms. The highest BCUT2D eigenvalue weighted by Gasteiger charge is 2.12. The van der Waals surface area contributed by atoms with E-state index in [1.807, 2.05) is 0 Å². The van der Waals surface area contributed by atoms with Crippen LogP contribution in [0.25, 0.3) is 10.8 Å². The summed E-state index contributed by atoms with van der Waals surface area (Å²) in [6.07, 6.45) is 4.64. The minimum absolute atomic E-state index is 0.00569. The van der Waals surface area contributed by atoms with Crippen LogP contribution in [0.2, 0.25) is 0 Å². The number of benzene rings is 2. The molecule has 2 aliphatic heterocycles. The zero-order valence-electron chi connectivity index (χ0n) is 18.5. The van der Waals surface area contributed by atoms with Gasteiger partial charge in [0.25, 0.3) is 0 Å². The van der Waals surface area contributed by atoms with Crippen LogP contribution in [0.3, 0.4) is 0 Å². The smallest absolute Gasteiger partial charge is 0.338 e. The summed E-state index contributed by atoms with van der Waals surface area (Å²) >= 11 is 0. The van der Waals surface area contributed by atoms with Gasteiger partial charge in [0.1, 0.15) is 26.4 Å². The van der Waals surface area contributed by atoms with E-state index in [4.69, 9.17) is 18.9 Å². The summed E-state index contributed by atoms with van der Waals surface area (Å²) in [7, 11) is 0. The van der Waals surface area contributed by atoms with Crippen molar-refractivity contribution in [3.8, 4) is 0 Å². The molecule has 4 rings (SSSR count). The number of carbonyl (C=O) groups is 4. The first-order valence-corrected chi connectivity index (χ1v) is 11.2. The van der Waals surface area contributed by atoms with E-state index in [0.29, 0.717) is 36.8 Å². The number of fused-ring (bicyclic) bond motifs is 20. The molecule has 0 unspecified atom stereocenters. The average molecular weight is 456 g/mol. The van der Waals surface area contributed by atoms with Gasteiger partial charge < -0.3 is 18.9 Å². The highest BCUT2D eigenvalue weighted by molar-refractivity contribution is 5.99.